The maximum atomic E-state index is 12.3. The van der Waals surface area contributed by atoms with Crippen LogP contribution in [-0.4, -0.2) is 128 Å². The first-order valence-corrected chi connectivity index (χ1v) is 19.9. The lowest BCUT2D eigenvalue weighted by atomic mass is 9.35. The highest BCUT2D eigenvalue weighted by Gasteiger charge is 2.69. The van der Waals surface area contributed by atoms with Crippen LogP contribution < -0.4 is 0 Å². The summed E-state index contributed by atoms with van der Waals surface area (Å²) in [6.07, 6.45) is -4.08. The van der Waals surface area contributed by atoms with Gasteiger partial charge in [-0.05, 0) is 77.6 Å². The monoisotopic (exact) mass is 750 g/mol. The zero-order valence-corrected chi connectivity index (χ0v) is 32.8. The highest BCUT2D eigenvalue weighted by atomic mass is 16.7. The fourth-order valence-electron chi connectivity index (χ4n) is 12.6. The van der Waals surface area contributed by atoms with Gasteiger partial charge in [-0.3, -0.25) is 0 Å². The molecule has 0 unspecified atom stereocenters. The van der Waals surface area contributed by atoms with Crippen LogP contribution in [0.15, 0.2) is 23.3 Å². The molecule has 0 spiro atoms. The summed E-state index contributed by atoms with van der Waals surface area (Å²) in [6, 6.07) is 0. The number of fused-ring (bicyclic) bond motifs is 6. The first kappa shape index (κ1) is 40.2. The third kappa shape index (κ3) is 5.91. The molecule has 53 heavy (non-hydrogen) atoms. The van der Waals surface area contributed by atoms with Gasteiger partial charge in [0.2, 0.25) is 0 Å². The molecule has 0 aromatic rings. The molecule has 5 fully saturated rings. The SMILES string of the molecule is CC1(C)CC2=C3C=C[C@@H]4[C@@]5(C)[C@H](O)C[C@H](O[C@@H]6O[C@H](CO[C@@H]7OC[C@@H](O)[C@H](O)[C@H]7O)[C@@H](O)[C@H](O)[C@H]6O)C(C)(C)[C@@H]5CC[C@@]4(C)[C@]3(C)CC[C@@]2(C)[C@H](O)C1. The number of allylic oxidation sites excluding steroid dienone is 3. The minimum Gasteiger partial charge on any atom is -0.392 e. The first-order chi connectivity index (χ1) is 24.5. The van der Waals surface area contributed by atoms with E-state index >= 15 is 0 Å². The van der Waals surface area contributed by atoms with Gasteiger partial charge in [0, 0.05) is 17.3 Å². The minimum atomic E-state index is -1.63. The normalized spacial score (nSPS) is 54.7. The molecular weight excluding hydrogens is 684 g/mol. The van der Waals surface area contributed by atoms with Crippen LogP contribution in [-0.2, 0) is 18.9 Å². The van der Waals surface area contributed by atoms with Crippen molar-refractivity contribution in [3.05, 3.63) is 23.3 Å². The van der Waals surface area contributed by atoms with Crippen molar-refractivity contribution in [3.63, 3.8) is 0 Å². The Morgan fingerprint density at radius 2 is 1.45 bits per heavy atom. The van der Waals surface area contributed by atoms with Crippen molar-refractivity contribution in [2.45, 2.75) is 174 Å². The van der Waals surface area contributed by atoms with E-state index < -0.39 is 78.3 Å². The van der Waals surface area contributed by atoms with Crippen molar-refractivity contribution in [1.29, 1.82) is 0 Å². The van der Waals surface area contributed by atoms with E-state index in [1.54, 1.807) is 0 Å². The highest BCUT2D eigenvalue weighted by Crippen LogP contribution is 2.74. The number of ether oxygens (including phenoxy) is 4. The fourth-order valence-corrected chi connectivity index (χ4v) is 12.6. The minimum absolute atomic E-state index is 0.0183. The molecule has 18 atom stereocenters. The molecule has 0 aromatic heterocycles. The van der Waals surface area contributed by atoms with E-state index in [2.05, 4.69) is 67.5 Å². The van der Waals surface area contributed by atoms with E-state index in [0.29, 0.717) is 0 Å². The zero-order valence-electron chi connectivity index (χ0n) is 32.8. The van der Waals surface area contributed by atoms with Crippen LogP contribution in [0, 0.1) is 44.3 Å². The van der Waals surface area contributed by atoms with Gasteiger partial charge in [-0.2, -0.15) is 0 Å². The lowest BCUT2D eigenvalue weighted by molar-refractivity contribution is -0.344. The molecule has 7 aliphatic rings. The molecule has 0 aromatic carbocycles. The van der Waals surface area contributed by atoms with Gasteiger partial charge in [-0.15, -0.1) is 0 Å². The lowest BCUT2D eigenvalue weighted by Gasteiger charge is -2.70. The van der Waals surface area contributed by atoms with E-state index in [9.17, 15) is 40.9 Å². The summed E-state index contributed by atoms with van der Waals surface area (Å²) in [4.78, 5) is 0. The van der Waals surface area contributed by atoms with Crippen molar-refractivity contribution in [1.82, 2.24) is 0 Å². The number of aliphatic hydroxyl groups is 8. The van der Waals surface area contributed by atoms with Crippen molar-refractivity contribution in [2.75, 3.05) is 13.2 Å². The van der Waals surface area contributed by atoms with Crippen LogP contribution >= 0.6 is 0 Å². The van der Waals surface area contributed by atoms with Crippen molar-refractivity contribution < 1.29 is 59.8 Å². The Bertz CT molecular complexity index is 1460. The topological polar surface area (TPSA) is 199 Å². The molecule has 0 bridgehead atoms. The molecule has 2 heterocycles. The Labute approximate surface area is 314 Å². The summed E-state index contributed by atoms with van der Waals surface area (Å²) in [7, 11) is 0. The summed E-state index contributed by atoms with van der Waals surface area (Å²) in [5.74, 6) is 0.117. The van der Waals surface area contributed by atoms with E-state index in [1.165, 1.54) is 11.1 Å². The molecule has 7 rings (SSSR count). The molecule has 5 aliphatic carbocycles. The largest absolute Gasteiger partial charge is 0.392 e. The Morgan fingerprint density at radius 3 is 2.15 bits per heavy atom. The van der Waals surface area contributed by atoms with Gasteiger partial charge >= 0.3 is 0 Å². The Hall–Kier alpha value is -1.00. The van der Waals surface area contributed by atoms with Gasteiger partial charge in [-0.25, -0.2) is 0 Å². The van der Waals surface area contributed by atoms with Crippen molar-refractivity contribution >= 4 is 0 Å². The van der Waals surface area contributed by atoms with Gasteiger partial charge in [0.15, 0.2) is 12.6 Å². The molecule has 3 saturated carbocycles. The number of aliphatic hydroxyl groups excluding tert-OH is 8. The van der Waals surface area contributed by atoms with Gasteiger partial charge in [-0.1, -0.05) is 73.1 Å². The van der Waals surface area contributed by atoms with Crippen LogP contribution in [0.5, 0.6) is 0 Å². The summed E-state index contributed by atoms with van der Waals surface area (Å²) < 4.78 is 23.5. The van der Waals surface area contributed by atoms with Gasteiger partial charge < -0.3 is 59.8 Å². The molecule has 2 saturated heterocycles. The molecule has 0 amide bonds. The second kappa shape index (κ2) is 13.3. The smallest absolute Gasteiger partial charge is 0.186 e. The Kier molecular flexibility index (Phi) is 10.1. The molecule has 2 aliphatic heterocycles. The second-order valence-electron chi connectivity index (χ2n) is 20.2. The molecule has 8 N–H and O–H groups in total. The third-order valence-electron chi connectivity index (χ3n) is 16.4. The standard InChI is InChI=1S/C41H66O12/c1-36(2)16-21-20-9-10-25-40(7,39(20,6)14-13-38(21,5)27(44)17-36)12-11-24-37(3,4)28(15-26(43)41(24,25)8)53-35-33(49)31(47)30(46)23(52-35)19-51-34-32(48)29(45)22(42)18-50-34/h9-10,22-35,42-49H,11-19H2,1-8H3/t22-,23-,24+,25+,26-,27-,28+,29+,30-,31+,32-,33-,34+,35+,38-,39-,40-,41+/m1/s1. The molecule has 12 heteroatoms. The summed E-state index contributed by atoms with van der Waals surface area (Å²) in [5, 5.41) is 86.6. The molecule has 0 radical (unpaired) electrons. The number of hydrogen-bond acceptors (Lipinski definition) is 12. The molecular formula is C41H66O12. The zero-order chi connectivity index (χ0) is 38.8. The fraction of sp³-hybridized carbons (Fsp3) is 0.902. The van der Waals surface area contributed by atoms with Crippen LogP contribution in [0.3, 0.4) is 0 Å². The van der Waals surface area contributed by atoms with Crippen molar-refractivity contribution in [2.24, 2.45) is 44.3 Å². The van der Waals surface area contributed by atoms with E-state index in [-0.39, 0.29) is 59.2 Å². The van der Waals surface area contributed by atoms with Crippen LogP contribution in [0.2, 0.25) is 0 Å². The summed E-state index contributed by atoms with van der Waals surface area (Å²) in [6.45, 7) is 17.6. The number of hydrogen-bond donors (Lipinski definition) is 8. The Balaban J connectivity index is 1.12. The second-order valence-corrected chi connectivity index (χ2v) is 20.2. The van der Waals surface area contributed by atoms with Gasteiger partial charge in [0.05, 0.1) is 31.5 Å². The quantitative estimate of drug-likeness (QED) is 0.191. The maximum Gasteiger partial charge on any atom is 0.186 e. The molecule has 12 nitrogen and oxygen atoms in total. The van der Waals surface area contributed by atoms with E-state index in [0.717, 1.165) is 38.5 Å². The van der Waals surface area contributed by atoms with Crippen LogP contribution in [0.1, 0.15) is 100 Å². The number of rotatable bonds is 5. The van der Waals surface area contributed by atoms with E-state index in [1.807, 2.05) is 0 Å². The third-order valence-corrected chi connectivity index (χ3v) is 16.4. The van der Waals surface area contributed by atoms with Gasteiger partial charge in [0.1, 0.15) is 42.7 Å². The van der Waals surface area contributed by atoms with Gasteiger partial charge in [0.25, 0.3) is 0 Å². The average Bonchev–Trinajstić information content (AvgIpc) is 3.07. The predicted molar refractivity (Wildman–Crippen MR) is 193 cm³/mol. The lowest BCUT2D eigenvalue weighted by Crippen LogP contribution is -2.68. The van der Waals surface area contributed by atoms with E-state index in [4.69, 9.17) is 18.9 Å². The highest BCUT2D eigenvalue weighted by molar-refractivity contribution is 5.46. The predicted octanol–water partition coefficient (Wildman–Crippen LogP) is 2.32. The maximum absolute atomic E-state index is 12.3. The van der Waals surface area contributed by atoms with Crippen LogP contribution in [0.25, 0.3) is 0 Å². The van der Waals surface area contributed by atoms with Crippen LogP contribution in [0.4, 0.5) is 0 Å². The molecule has 302 valence electrons. The first-order valence-electron chi connectivity index (χ1n) is 19.9. The Morgan fingerprint density at radius 1 is 0.774 bits per heavy atom. The van der Waals surface area contributed by atoms with Crippen molar-refractivity contribution in [3.8, 4) is 0 Å². The summed E-state index contributed by atoms with van der Waals surface area (Å²) in [5.41, 5.74) is 1.37. The summed E-state index contributed by atoms with van der Waals surface area (Å²) >= 11 is 0. The average molecular weight is 751 g/mol.